The molecule has 0 aliphatic carbocycles. The number of rotatable bonds is 6. The molecule has 0 radical (unpaired) electrons. The molecule has 0 saturated heterocycles. The van der Waals surface area contributed by atoms with E-state index >= 15 is 0 Å². The quantitative estimate of drug-likeness (QED) is 0.334. The molecule has 29 heavy (non-hydrogen) atoms. The number of aryl methyl sites for hydroxylation is 1. The van der Waals surface area contributed by atoms with Crippen molar-refractivity contribution < 1.29 is 0 Å². The van der Waals surface area contributed by atoms with E-state index in [1.165, 1.54) is 5.57 Å². The third-order valence-electron chi connectivity index (χ3n) is 4.92. The van der Waals surface area contributed by atoms with E-state index in [0.29, 0.717) is 10.0 Å². The zero-order valence-electron chi connectivity index (χ0n) is 16.9. The second-order valence-corrected chi connectivity index (χ2v) is 7.68. The normalized spacial score (nSPS) is 11.9. The van der Waals surface area contributed by atoms with Crippen molar-refractivity contribution in [2.75, 3.05) is 7.05 Å². The molecule has 3 aromatic rings. The number of allylic oxidation sites excluding steroid dienone is 1. The first-order valence-corrected chi connectivity index (χ1v) is 10.0. The number of hydrogen-bond donors (Lipinski definition) is 1. The summed E-state index contributed by atoms with van der Waals surface area (Å²) in [5, 5.41) is 6.32. The summed E-state index contributed by atoms with van der Waals surface area (Å²) >= 11 is 12.5. The molecule has 0 aliphatic heterocycles. The Kier molecular flexibility index (Phi) is 6.40. The molecule has 0 fully saturated rings. The van der Waals surface area contributed by atoms with Crippen molar-refractivity contribution in [2.45, 2.75) is 27.2 Å². The van der Waals surface area contributed by atoms with Crippen molar-refractivity contribution in [1.82, 2.24) is 14.6 Å². The summed E-state index contributed by atoms with van der Waals surface area (Å²) in [5.74, 6) is 0.760. The van der Waals surface area contributed by atoms with E-state index in [1.807, 2.05) is 49.5 Å². The molecule has 0 spiro atoms. The summed E-state index contributed by atoms with van der Waals surface area (Å²) in [5.41, 5.74) is 13.3. The minimum atomic E-state index is 0.559. The lowest BCUT2D eigenvalue weighted by Gasteiger charge is -2.19. The zero-order chi connectivity index (χ0) is 21.1. The smallest absolute Gasteiger partial charge is 0.146 e. The molecule has 1 heterocycles. The Bertz CT molecular complexity index is 1070. The number of hydrogen-bond acceptors (Lipinski definition) is 3. The topological polar surface area (TPSA) is 57.3 Å². The maximum Gasteiger partial charge on any atom is 0.146 e. The van der Waals surface area contributed by atoms with E-state index in [4.69, 9.17) is 28.7 Å². The molecule has 0 bridgehead atoms. The van der Waals surface area contributed by atoms with Crippen LogP contribution in [0.1, 0.15) is 31.5 Å². The largest absolute Gasteiger partial charge is 0.297 e. The molecule has 7 heteroatoms. The highest BCUT2D eigenvalue weighted by atomic mass is 35.5. The third kappa shape index (κ3) is 4.21. The second kappa shape index (κ2) is 8.80. The second-order valence-electron chi connectivity index (χ2n) is 6.84. The summed E-state index contributed by atoms with van der Waals surface area (Å²) in [6.07, 6.45) is 2.71. The Morgan fingerprint density at radius 2 is 1.86 bits per heavy atom. The molecule has 2 aromatic carbocycles. The van der Waals surface area contributed by atoms with Crippen LogP contribution in [0.15, 0.2) is 59.5 Å². The van der Waals surface area contributed by atoms with Crippen LogP contribution in [0.2, 0.25) is 10.0 Å². The molecular formula is C22H23Cl2N5. The zero-order valence-corrected chi connectivity index (χ0v) is 18.4. The van der Waals surface area contributed by atoms with Gasteiger partial charge in [-0.2, -0.15) is 5.53 Å². The first kappa shape index (κ1) is 21.1. The maximum atomic E-state index is 7.38. The number of nitrogens with zero attached hydrogens (tertiary/aromatic N) is 4. The highest BCUT2D eigenvalue weighted by Crippen LogP contribution is 2.32. The van der Waals surface area contributed by atoms with Gasteiger partial charge in [-0.15, -0.1) is 0 Å². The average molecular weight is 428 g/mol. The third-order valence-corrected chi connectivity index (χ3v) is 5.47. The van der Waals surface area contributed by atoms with Crippen molar-refractivity contribution in [3.63, 3.8) is 0 Å². The van der Waals surface area contributed by atoms with Crippen molar-refractivity contribution in [3.05, 3.63) is 75.5 Å². The Morgan fingerprint density at radius 3 is 2.45 bits per heavy atom. The molecular weight excluding hydrogens is 405 g/mol. The lowest BCUT2D eigenvalue weighted by atomic mass is 10.0. The van der Waals surface area contributed by atoms with Gasteiger partial charge in [0.05, 0.1) is 10.7 Å². The SMILES string of the molecule is CCC(C)=C(c1ccc(-n2c(C)cnc2-c2ccc(Cl)cc2Cl)cc1)N(C)N=N. The highest BCUT2D eigenvalue weighted by Gasteiger charge is 2.16. The Labute approximate surface area is 181 Å². The van der Waals surface area contributed by atoms with Gasteiger partial charge in [0.1, 0.15) is 5.82 Å². The van der Waals surface area contributed by atoms with E-state index in [-0.39, 0.29) is 0 Å². The van der Waals surface area contributed by atoms with Crippen LogP contribution >= 0.6 is 23.2 Å². The molecule has 0 aliphatic rings. The molecule has 0 atom stereocenters. The van der Waals surface area contributed by atoms with Gasteiger partial charge in [-0.3, -0.25) is 9.58 Å². The fourth-order valence-corrected chi connectivity index (χ4v) is 3.81. The van der Waals surface area contributed by atoms with Crippen LogP contribution in [0.3, 0.4) is 0 Å². The summed E-state index contributed by atoms with van der Waals surface area (Å²) in [6.45, 7) is 6.16. The van der Waals surface area contributed by atoms with Crippen LogP contribution in [0.25, 0.3) is 22.8 Å². The van der Waals surface area contributed by atoms with Crippen LogP contribution in [0, 0.1) is 12.5 Å². The number of aromatic nitrogens is 2. The predicted molar refractivity (Wildman–Crippen MR) is 120 cm³/mol. The lowest BCUT2D eigenvalue weighted by molar-refractivity contribution is 0.460. The van der Waals surface area contributed by atoms with Gasteiger partial charge >= 0.3 is 0 Å². The van der Waals surface area contributed by atoms with Crippen LogP contribution < -0.4 is 0 Å². The minimum absolute atomic E-state index is 0.559. The van der Waals surface area contributed by atoms with Crippen LogP contribution in [-0.4, -0.2) is 21.6 Å². The van der Waals surface area contributed by atoms with Gasteiger partial charge in [0.25, 0.3) is 0 Å². The molecule has 0 unspecified atom stereocenters. The molecule has 0 amide bonds. The van der Waals surface area contributed by atoms with E-state index in [9.17, 15) is 0 Å². The van der Waals surface area contributed by atoms with Gasteiger partial charge < -0.3 is 0 Å². The van der Waals surface area contributed by atoms with Crippen molar-refractivity contribution >= 4 is 28.9 Å². The summed E-state index contributed by atoms with van der Waals surface area (Å²) in [4.78, 5) is 4.57. The molecule has 3 rings (SSSR count). The van der Waals surface area contributed by atoms with E-state index in [1.54, 1.807) is 18.1 Å². The maximum absolute atomic E-state index is 7.38. The predicted octanol–water partition coefficient (Wildman–Crippen LogP) is 7.17. The van der Waals surface area contributed by atoms with Gasteiger partial charge in [0.15, 0.2) is 0 Å². The van der Waals surface area contributed by atoms with Gasteiger partial charge in [-0.05, 0) is 61.7 Å². The van der Waals surface area contributed by atoms with E-state index in [0.717, 1.165) is 40.5 Å². The van der Waals surface area contributed by atoms with Crippen molar-refractivity contribution in [2.24, 2.45) is 5.22 Å². The minimum Gasteiger partial charge on any atom is -0.297 e. The van der Waals surface area contributed by atoms with Crippen LogP contribution in [0.4, 0.5) is 0 Å². The van der Waals surface area contributed by atoms with Crippen LogP contribution in [0.5, 0.6) is 0 Å². The molecule has 5 nitrogen and oxygen atoms in total. The number of halogens is 2. The average Bonchev–Trinajstić information content (AvgIpc) is 3.09. The highest BCUT2D eigenvalue weighted by molar-refractivity contribution is 6.36. The lowest BCUT2D eigenvalue weighted by Crippen LogP contribution is -2.10. The molecule has 0 saturated carbocycles. The van der Waals surface area contributed by atoms with Gasteiger partial charge in [-0.1, -0.05) is 47.5 Å². The first-order valence-electron chi connectivity index (χ1n) is 9.28. The fraction of sp³-hybridized carbons (Fsp3) is 0.227. The van der Waals surface area contributed by atoms with Crippen LogP contribution in [-0.2, 0) is 0 Å². The summed E-state index contributed by atoms with van der Waals surface area (Å²) in [7, 11) is 1.79. The Hall–Kier alpha value is -2.63. The number of imidazole rings is 1. The Morgan fingerprint density at radius 1 is 1.17 bits per heavy atom. The molecule has 150 valence electrons. The molecule has 1 aromatic heterocycles. The fourth-order valence-electron chi connectivity index (χ4n) is 3.32. The van der Waals surface area contributed by atoms with E-state index in [2.05, 4.69) is 28.6 Å². The van der Waals surface area contributed by atoms with Crippen molar-refractivity contribution in [1.29, 1.82) is 5.53 Å². The summed E-state index contributed by atoms with van der Waals surface area (Å²) in [6, 6.07) is 13.6. The Balaban J connectivity index is 2.08. The van der Waals surface area contributed by atoms with Gasteiger partial charge in [0, 0.05) is 35.2 Å². The molecule has 1 N–H and O–H groups in total. The standard InChI is InChI=1S/C22H23Cl2N5/c1-5-14(2)21(28(4)27-25)16-6-9-18(10-7-16)29-15(3)13-26-22(29)19-11-8-17(23)12-20(19)24/h6-13,25H,5H2,1-4H3. The van der Waals surface area contributed by atoms with Crippen molar-refractivity contribution in [3.8, 4) is 17.1 Å². The van der Waals surface area contributed by atoms with Gasteiger partial charge in [0.2, 0.25) is 0 Å². The summed E-state index contributed by atoms with van der Waals surface area (Å²) < 4.78 is 2.06. The van der Waals surface area contributed by atoms with Gasteiger partial charge in [-0.25, -0.2) is 4.98 Å². The first-order chi connectivity index (χ1) is 13.9. The number of benzene rings is 2. The monoisotopic (exact) mass is 427 g/mol. The number of nitrogens with one attached hydrogen (secondary N) is 1. The van der Waals surface area contributed by atoms with E-state index < -0.39 is 0 Å².